The van der Waals surface area contributed by atoms with Crippen LogP contribution in [0.3, 0.4) is 0 Å². The summed E-state index contributed by atoms with van der Waals surface area (Å²) in [5, 5.41) is 3.46. The first-order valence-electron chi connectivity index (χ1n) is 8.32. The van der Waals surface area contributed by atoms with E-state index in [1.54, 1.807) is 16.8 Å². The molecule has 27 heavy (non-hydrogen) atoms. The van der Waals surface area contributed by atoms with Gasteiger partial charge in [-0.25, -0.2) is 9.97 Å². The number of carbonyl (C=O) groups excluding carboxylic acids is 1. The average Bonchev–Trinajstić information content (AvgIpc) is 2.98. The molecule has 0 atom stereocenters. The Balaban J connectivity index is 2.25. The monoisotopic (exact) mass is 375 g/mol. The zero-order chi connectivity index (χ0) is 19.8. The molecule has 3 aromatic rings. The fourth-order valence-electron chi connectivity index (χ4n) is 2.74. The van der Waals surface area contributed by atoms with E-state index in [9.17, 15) is 13.6 Å². The highest BCUT2D eigenvalue weighted by Gasteiger charge is 2.30. The lowest BCUT2D eigenvalue weighted by molar-refractivity contribution is -0.114. The summed E-state index contributed by atoms with van der Waals surface area (Å²) in [6.07, 6.45) is 4.16. The number of carbonyl (C=O) groups is 1. The van der Waals surface area contributed by atoms with Crippen molar-refractivity contribution in [3.05, 3.63) is 35.9 Å². The first-order valence-corrected chi connectivity index (χ1v) is 8.32. The van der Waals surface area contributed by atoms with Gasteiger partial charge in [0.15, 0.2) is 0 Å². The van der Waals surface area contributed by atoms with E-state index in [1.165, 1.54) is 20.1 Å². The van der Waals surface area contributed by atoms with Crippen molar-refractivity contribution in [2.45, 2.75) is 33.1 Å². The fraction of sp³-hybridized carbons (Fsp3) is 0.333. The minimum absolute atomic E-state index is 0.0348. The second-order valence-electron chi connectivity index (χ2n) is 6.13. The van der Waals surface area contributed by atoms with Gasteiger partial charge in [0.25, 0.3) is 0 Å². The van der Waals surface area contributed by atoms with Gasteiger partial charge >= 0.3 is 5.92 Å². The molecule has 0 aliphatic rings. The van der Waals surface area contributed by atoms with Crippen molar-refractivity contribution < 1.29 is 18.3 Å². The maximum Gasteiger partial charge on any atom is 0.304 e. The van der Waals surface area contributed by atoms with Gasteiger partial charge in [-0.1, -0.05) is 6.92 Å². The zero-order valence-corrected chi connectivity index (χ0v) is 15.4. The number of nitrogens with one attached hydrogen (secondary N) is 1. The highest BCUT2D eigenvalue weighted by Crippen LogP contribution is 2.30. The second kappa shape index (κ2) is 6.90. The number of halogens is 2. The molecule has 0 bridgehead atoms. The van der Waals surface area contributed by atoms with Gasteiger partial charge in [-0.2, -0.15) is 13.8 Å². The van der Waals surface area contributed by atoms with Crippen LogP contribution in [0.15, 0.2) is 24.5 Å². The lowest BCUT2D eigenvalue weighted by Crippen LogP contribution is -2.15. The molecular formula is C18H19F2N5O2. The summed E-state index contributed by atoms with van der Waals surface area (Å²) >= 11 is 0. The third-order valence-corrected chi connectivity index (χ3v) is 4.00. The van der Waals surface area contributed by atoms with Crippen LogP contribution in [0.4, 0.5) is 14.6 Å². The van der Waals surface area contributed by atoms with Gasteiger partial charge in [-0.3, -0.25) is 4.79 Å². The van der Waals surface area contributed by atoms with Crippen LogP contribution in [0.5, 0.6) is 5.88 Å². The number of pyridine rings is 1. The summed E-state index contributed by atoms with van der Waals surface area (Å²) in [5.74, 6) is -3.47. The van der Waals surface area contributed by atoms with E-state index in [0.717, 1.165) is 17.9 Å². The molecule has 0 saturated heterocycles. The number of ether oxygens (including phenoxy) is 1. The molecule has 1 amide bonds. The number of aromatic nitrogens is 4. The minimum Gasteiger partial charge on any atom is -0.481 e. The molecule has 0 aromatic carbocycles. The predicted molar refractivity (Wildman–Crippen MR) is 96.5 cm³/mol. The zero-order valence-electron chi connectivity index (χ0n) is 15.4. The molecule has 0 aliphatic carbocycles. The van der Waals surface area contributed by atoms with Gasteiger partial charge in [-0.15, -0.1) is 0 Å². The molecule has 9 heteroatoms. The number of methoxy groups -OCH3 is 1. The maximum atomic E-state index is 13.8. The van der Waals surface area contributed by atoms with Crippen LogP contribution in [0, 0.1) is 0 Å². The third kappa shape index (κ3) is 3.71. The summed E-state index contributed by atoms with van der Waals surface area (Å²) in [5.41, 5.74) is 1.64. The molecule has 1 N–H and O–H groups in total. The van der Waals surface area contributed by atoms with Crippen LogP contribution >= 0.6 is 0 Å². The number of nitrogens with zero attached hydrogens (tertiary/aromatic N) is 4. The average molecular weight is 375 g/mol. The molecule has 0 radical (unpaired) electrons. The van der Waals surface area contributed by atoms with E-state index in [2.05, 4.69) is 20.3 Å². The molecule has 3 heterocycles. The smallest absolute Gasteiger partial charge is 0.304 e. The number of amides is 1. The van der Waals surface area contributed by atoms with Crippen molar-refractivity contribution in [2.24, 2.45) is 0 Å². The number of anilines is 1. The van der Waals surface area contributed by atoms with E-state index in [-0.39, 0.29) is 17.6 Å². The molecular weight excluding hydrogens is 356 g/mol. The van der Waals surface area contributed by atoms with Crippen molar-refractivity contribution >= 4 is 22.6 Å². The Morgan fingerprint density at radius 2 is 2.07 bits per heavy atom. The van der Waals surface area contributed by atoms with E-state index in [4.69, 9.17) is 4.74 Å². The predicted octanol–water partition coefficient (Wildman–Crippen LogP) is 3.46. The van der Waals surface area contributed by atoms with Crippen molar-refractivity contribution in [1.82, 2.24) is 19.5 Å². The Bertz CT molecular complexity index is 1010. The van der Waals surface area contributed by atoms with Crippen molar-refractivity contribution in [3.63, 3.8) is 0 Å². The van der Waals surface area contributed by atoms with Gasteiger partial charge in [0.05, 0.1) is 12.6 Å². The van der Waals surface area contributed by atoms with Crippen LogP contribution in [-0.2, 0) is 17.1 Å². The van der Waals surface area contributed by atoms with Crippen LogP contribution in [-0.4, -0.2) is 32.5 Å². The first-order chi connectivity index (χ1) is 12.7. The number of rotatable bonds is 5. The molecule has 0 unspecified atom stereocenters. The van der Waals surface area contributed by atoms with Gasteiger partial charge in [0.2, 0.25) is 17.6 Å². The molecule has 0 fully saturated rings. The number of fused-ring (bicyclic) bond motifs is 1. The van der Waals surface area contributed by atoms with E-state index >= 15 is 0 Å². The van der Waals surface area contributed by atoms with E-state index in [1.807, 2.05) is 13.1 Å². The Labute approximate surface area is 154 Å². The van der Waals surface area contributed by atoms with Gasteiger partial charge in [0, 0.05) is 43.8 Å². The molecule has 3 aromatic heterocycles. The molecule has 3 rings (SSSR count). The molecule has 0 spiro atoms. The molecule has 142 valence electrons. The Morgan fingerprint density at radius 1 is 1.33 bits per heavy atom. The van der Waals surface area contributed by atoms with E-state index in [0.29, 0.717) is 17.8 Å². The highest BCUT2D eigenvalue weighted by molar-refractivity contribution is 5.92. The largest absolute Gasteiger partial charge is 0.481 e. The number of hydrogen-bond donors (Lipinski definition) is 1. The summed E-state index contributed by atoms with van der Waals surface area (Å²) in [7, 11) is 1.35. The Morgan fingerprint density at radius 3 is 2.67 bits per heavy atom. The third-order valence-electron chi connectivity index (χ3n) is 4.00. The SMILES string of the molecule is CCc1cn(-c2cc(OC)nc(C(C)(F)F)n2)c2cc(NC(C)=O)ncc12. The molecule has 0 aliphatic heterocycles. The summed E-state index contributed by atoms with van der Waals surface area (Å²) in [6.45, 7) is 4.09. The second-order valence-corrected chi connectivity index (χ2v) is 6.13. The van der Waals surface area contributed by atoms with Crippen molar-refractivity contribution in [2.75, 3.05) is 12.4 Å². The number of aryl methyl sites for hydroxylation is 1. The van der Waals surface area contributed by atoms with E-state index < -0.39 is 11.7 Å². The van der Waals surface area contributed by atoms with Crippen molar-refractivity contribution in [1.29, 1.82) is 0 Å². The van der Waals surface area contributed by atoms with Crippen LogP contribution < -0.4 is 10.1 Å². The quantitative estimate of drug-likeness (QED) is 0.739. The first kappa shape index (κ1) is 18.7. The van der Waals surface area contributed by atoms with Crippen LogP contribution in [0.1, 0.15) is 32.2 Å². The minimum atomic E-state index is -3.22. The van der Waals surface area contributed by atoms with Crippen molar-refractivity contribution in [3.8, 4) is 11.7 Å². The lowest BCUT2D eigenvalue weighted by atomic mass is 10.2. The van der Waals surface area contributed by atoms with Gasteiger partial charge in [-0.05, 0) is 12.0 Å². The summed E-state index contributed by atoms with van der Waals surface area (Å²) in [4.78, 5) is 23.3. The normalized spacial score (nSPS) is 11.6. The van der Waals surface area contributed by atoms with Gasteiger partial charge in [0.1, 0.15) is 11.6 Å². The van der Waals surface area contributed by atoms with Crippen LogP contribution in [0.2, 0.25) is 0 Å². The number of alkyl halides is 2. The highest BCUT2D eigenvalue weighted by atomic mass is 19.3. The summed E-state index contributed by atoms with van der Waals surface area (Å²) < 4.78 is 34.4. The van der Waals surface area contributed by atoms with Gasteiger partial charge < -0.3 is 14.6 Å². The maximum absolute atomic E-state index is 13.8. The molecule has 7 nitrogen and oxygen atoms in total. The fourth-order valence-corrected chi connectivity index (χ4v) is 2.74. The van der Waals surface area contributed by atoms with Crippen LogP contribution in [0.25, 0.3) is 16.7 Å². The molecule has 0 saturated carbocycles. The Hall–Kier alpha value is -3.10. The topological polar surface area (TPSA) is 81.9 Å². The standard InChI is InChI=1S/C18H19F2N5O2/c1-5-11-9-25(13-6-14(22-10(2)26)21-8-12(11)13)15-7-16(27-4)24-17(23-15)18(3,19)20/h6-9H,5H2,1-4H3,(H,21,22,26). The Kier molecular flexibility index (Phi) is 4.77. The number of hydrogen-bond acceptors (Lipinski definition) is 5. The summed E-state index contributed by atoms with van der Waals surface area (Å²) in [6, 6.07) is 3.15. The lowest BCUT2D eigenvalue weighted by Gasteiger charge is -2.13.